The molecule has 8 nitrogen and oxygen atoms in total. The molecule has 4 aliphatic carbocycles. The van der Waals surface area contributed by atoms with Gasteiger partial charge in [0.25, 0.3) is 5.91 Å². The first-order chi connectivity index (χ1) is 13.3. The lowest BCUT2D eigenvalue weighted by atomic mass is 9.49. The number of nitrogens with one attached hydrogen (secondary N) is 2. The summed E-state index contributed by atoms with van der Waals surface area (Å²) >= 11 is 0. The average molecular weight is 391 g/mol. The van der Waals surface area contributed by atoms with Gasteiger partial charge in [-0.1, -0.05) is 0 Å². The van der Waals surface area contributed by atoms with E-state index >= 15 is 0 Å². The fraction of sp³-hybridized carbons (Fsp3) is 0.800. The standard InChI is InChI=1S/C20H29N3O5/c1-12(18(26)23-3-2-21-19(23)27)28-17(25)11-22-16(24)10-20-7-13-4-14(8-20)6-15(5-13)9-20/h12-15H,2-11H2,1H3,(H,21,27)(H,22,24). The highest BCUT2D eigenvalue weighted by Gasteiger charge is 2.51. The molecule has 28 heavy (non-hydrogen) atoms. The number of imide groups is 1. The minimum Gasteiger partial charge on any atom is -0.451 e. The lowest BCUT2D eigenvalue weighted by molar-refractivity contribution is -0.157. The summed E-state index contributed by atoms with van der Waals surface area (Å²) in [6.45, 7) is 1.84. The zero-order chi connectivity index (χ0) is 19.9. The number of ether oxygens (including phenoxy) is 1. The Morgan fingerprint density at radius 3 is 2.32 bits per heavy atom. The number of hydrogen-bond donors (Lipinski definition) is 2. The van der Waals surface area contributed by atoms with E-state index in [0.29, 0.717) is 13.0 Å². The molecule has 0 radical (unpaired) electrons. The highest BCUT2D eigenvalue weighted by Crippen LogP contribution is 2.61. The molecule has 5 rings (SSSR count). The summed E-state index contributed by atoms with van der Waals surface area (Å²) in [5.74, 6) is 0.996. The molecule has 1 aliphatic heterocycles. The van der Waals surface area contributed by atoms with Crippen LogP contribution in [-0.2, 0) is 19.1 Å². The zero-order valence-electron chi connectivity index (χ0n) is 16.4. The molecule has 0 aromatic rings. The second-order valence-electron chi connectivity index (χ2n) is 9.22. The molecule has 0 aromatic heterocycles. The van der Waals surface area contributed by atoms with Crippen LogP contribution in [0.25, 0.3) is 0 Å². The lowest BCUT2D eigenvalue weighted by Gasteiger charge is -2.56. The summed E-state index contributed by atoms with van der Waals surface area (Å²) in [6.07, 6.45) is 6.82. The van der Waals surface area contributed by atoms with Gasteiger partial charge in [-0.05, 0) is 68.6 Å². The molecule has 5 fully saturated rings. The summed E-state index contributed by atoms with van der Waals surface area (Å²) in [7, 11) is 0. The van der Waals surface area contributed by atoms with Gasteiger partial charge in [-0.2, -0.15) is 0 Å². The average Bonchev–Trinajstić information content (AvgIpc) is 3.03. The van der Waals surface area contributed by atoms with Crippen LogP contribution in [0, 0.1) is 23.2 Å². The van der Waals surface area contributed by atoms with Crippen LogP contribution in [0.3, 0.4) is 0 Å². The van der Waals surface area contributed by atoms with E-state index in [1.807, 2.05) is 0 Å². The Kier molecular flexibility index (Phi) is 5.05. The number of esters is 1. The van der Waals surface area contributed by atoms with Gasteiger partial charge in [0.1, 0.15) is 6.54 Å². The predicted molar refractivity (Wildman–Crippen MR) is 98.9 cm³/mol. The third-order valence-corrected chi connectivity index (χ3v) is 6.91. The smallest absolute Gasteiger partial charge is 0.326 e. The van der Waals surface area contributed by atoms with Crippen molar-refractivity contribution in [1.82, 2.24) is 15.5 Å². The first-order valence-electron chi connectivity index (χ1n) is 10.4. The van der Waals surface area contributed by atoms with Gasteiger partial charge in [-0.15, -0.1) is 0 Å². The number of amides is 4. The molecule has 1 unspecified atom stereocenters. The number of carbonyl (C=O) groups excluding carboxylic acids is 4. The number of hydrogen-bond acceptors (Lipinski definition) is 5. The van der Waals surface area contributed by atoms with Crippen LogP contribution in [0.5, 0.6) is 0 Å². The molecular formula is C20H29N3O5. The van der Waals surface area contributed by atoms with E-state index in [1.54, 1.807) is 0 Å². The maximum absolute atomic E-state index is 12.5. The van der Waals surface area contributed by atoms with Crippen molar-refractivity contribution in [2.45, 2.75) is 58.0 Å². The molecule has 4 amide bonds. The Morgan fingerprint density at radius 1 is 1.18 bits per heavy atom. The van der Waals surface area contributed by atoms with Crippen LogP contribution < -0.4 is 10.6 Å². The maximum atomic E-state index is 12.5. The molecule has 1 saturated heterocycles. The lowest BCUT2D eigenvalue weighted by Crippen LogP contribution is -2.48. The number of nitrogens with zero attached hydrogens (tertiary/aromatic N) is 1. The van der Waals surface area contributed by atoms with Crippen molar-refractivity contribution in [2.24, 2.45) is 23.2 Å². The Hall–Kier alpha value is -2.12. The molecule has 8 heteroatoms. The van der Waals surface area contributed by atoms with Crippen molar-refractivity contribution in [3.8, 4) is 0 Å². The third kappa shape index (κ3) is 3.86. The fourth-order valence-electron chi connectivity index (χ4n) is 6.27. The van der Waals surface area contributed by atoms with Crippen LogP contribution in [-0.4, -0.2) is 54.5 Å². The van der Waals surface area contributed by atoms with Gasteiger partial charge >= 0.3 is 12.0 Å². The van der Waals surface area contributed by atoms with Gasteiger partial charge in [-0.3, -0.25) is 19.3 Å². The van der Waals surface area contributed by atoms with E-state index in [-0.39, 0.29) is 24.4 Å². The molecule has 4 saturated carbocycles. The van der Waals surface area contributed by atoms with Gasteiger partial charge in [0, 0.05) is 19.5 Å². The van der Waals surface area contributed by atoms with Crippen molar-refractivity contribution in [2.75, 3.05) is 19.6 Å². The minimum atomic E-state index is -1.06. The molecule has 5 aliphatic rings. The molecule has 154 valence electrons. The van der Waals surface area contributed by atoms with Crippen molar-refractivity contribution in [3.05, 3.63) is 0 Å². The normalized spacial score (nSPS) is 34.1. The molecular weight excluding hydrogens is 362 g/mol. The summed E-state index contributed by atoms with van der Waals surface area (Å²) in [5.41, 5.74) is 0.120. The summed E-state index contributed by atoms with van der Waals surface area (Å²) in [6, 6.07) is -0.475. The van der Waals surface area contributed by atoms with Crippen LogP contribution in [0.15, 0.2) is 0 Å². The van der Waals surface area contributed by atoms with Crippen LogP contribution >= 0.6 is 0 Å². The van der Waals surface area contributed by atoms with E-state index in [9.17, 15) is 19.2 Å². The second-order valence-corrected chi connectivity index (χ2v) is 9.22. The van der Waals surface area contributed by atoms with Gasteiger partial charge < -0.3 is 15.4 Å². The molecule has 0 aromatic carbocycles. The fourth-order valence-corrected chi connectivity index (χ4v) is 6.27. The molecule has 1 atom stereocenters. The van der Waals surface area contributed by atoms with Crippen molar-refractivity contribution >= 4 is 23.8 Å². The largest absolute Gasteiger partial charge is 0.451 e. The monoisotopic (exact) mass is 391 g/mol. The number of urea groups is 1. The van der Waals surface area contributed by atoms with Gasteiger partial charge in [-0.25, -0.2) is 4.79 Å². The molecule has 4 bridgehead atoms. The Morgan fingerprint density at radius 2 is 1.79 bits per heavy atom. The summed E-state index contributed by atoms with van der Waals surface area (Å²) < 4.78 is 5.09. The number of carbonyl (C=O) groups is 4. The predicted octanol–water partition coefficient (Wildman–Crippen LogP) is 1.19. The molecule has 1 heterocycles. The van der Waals surface area contributed by atoms with Crippen LogP contribution in [0.2, 0.25) is 0 Å². The van der Waals surface area contributed by atoms with Gasteiger partial charge in [0.05, 0.1) is 0 Å². The topological polar surface area (TPSA) is 105 Å². The van der Waals surface area contributed by atoms with Gasteiger partial charge in [0.2, 0.25) is 5.91 Å². The van der Waals surface area contributed by atoms with Crippen molar-refractivity contribution < 1.29 is 23.9 Å². The maximum Gasteiger partial charge on any atom is 0.326 e. The van der Waals surface area contributed by atoms with E-state index < -0.39 is 24.0 Å². The first kappa shape index (κ1) is 19.2. The first-order valence-corrected chi connectivity index (χ1v) is 10.4. The SMILES string of the molecule is CC(OC(=O)CNC(=O)CC12CC3CC(CC(C3)C1)C2)C(=O)N1CCNC1=O. The summed E-state index contributed by atoms with van der Waals surface area (Å²) in [5, 5.41) is 5.19. The number of rotatable bonds is 6. The highest BCUT2D eigenvalue weighted by molar-refractivity contribution is 5.98. The summed E-state index contributed by atoms with van der Waals surface area (Å²) in [4.78, 5) is 49.2. The van der Waals surface area contributed by atoms with E-state index in [2.05, 4.69) is 10.6 Å². The zero-order valence-corrected chi connectivity index (χ0v) is 16.4. The van der Waals surface area contributed by atoms with E-state index in [0.717, 1.165) is 41.9 Å². The van der Waals surface area contributed by atoms with E-state index in [4.69, 9.17) is 4.74 Å². The van der Waals surface area contributed by atoms with Crippen LogP contribution in [0.4, 0.5) is 4.79 Å². The van der Waals surface area contributed by atoms with Crippen molar-refractivity contribution in [3.63, 3.8) is 0 Å². The second kappa shape index (κ2) is 7.37. The Balaban J connectivity index is 1.22. The molecule has 0 spiro atoms. The third-order valence-electron chi connectivity index (χ3n) is 6.91. The van der Waals surface area contributed by atoms with Crippen molar-refractivity contribution in [1.29, 1.82) is 0 Å². The Labute approximate surface area is 164 Å². The van der Waals surface area contributed by atoms with Crippen LogP contribution in [0.1, 0.15) is 51.9 Å². The minimum absolute atomic E-state index is 0.114. The quantitative estimate of drug-likeness (QED) is 0.662. The Bertz CT molecular complexity index is 656. The molecule has 2 N–H and O–H groups in total. The van der Waals surface area contributed by atoms with E-state index in [1.165, 1.54) is 26.2 Å². The highest BCUT2D eigenvalue weighted by atomic mass is 16.5. The van der Waals surface area contributed by atoms with Gasteiger partial charge in [0.15, 0.2) is 6.10 Å².